The van der Waals surface area contributed by atoms with Crippen molar-refractivity contribution in [1.29, 1.82) is 0 Å². The number of hydrogen-bond acceptors (Lipinski definition) is 1. The van der Waals surface area contributed by atoms with Crippen molar-refractivity contribution >= 4 is 37.4 Å². The van der Waals surface area contributed by atoms with Gasteiger partial charge in [0.25, 0.3) is 0 Å². The van der Waals surface area contributed by atoms with Gasteiger partial charge in [0.2, 0.25) is 0 Å². The molecule has 2 heteroatoms. The lowest BCUT2D eigenvalue weighted by atomic mass is 9.81. The zero-order valence-corrected chi connectivity index (χ0v) is 14.2. The maximum Gasteiger partial charge on any atom is 0.0399 e. The van der Waals surface area contributed by atoms with Crippen LogP contribution in [0.5, 0.6) is 0 Å². The van der Waals surface area contributed by atoms with Gasteiger partial charge in [0, 0.05) is 19.5 Å². The summed E-state index contributed by atoms with van der Waals surface area (Å²) in [6.07, 6.45) is 0. The fourth-order valence-electron chi connectivity index (χ4n) is 3.39. The lowest BCUT2D eigenvalue weighted by Gasteiger charge is -2.21. The summed E-state index contributed by atoms with van der Waals surface area (Å²) >= 11 is 5.54. The minimum absolute atomic E-state index is 0.0838. The highest BCUT2D eigenvalue weighted by Crippen LogP contribution is 2.55. The molecule has 100 valence electrons. The predicted octanol–water partition coefficient (Wildman–Crippen LogP) is 6.28. The summed E-state index contributed by atoms with van der Waals surface area (Å²) in [6, 6.07) is 13.5. The molecular formula is C18H15BrS. The largest absolute Gasteiger partial charge is 0.135 e. The van der Waals surface area contributed by atoms with Crippen molar-refractivity contribution in [2.24, 2.45) is 0 Å². The Morgan fingerprint density at radius 1 is 1.05 bits per heavy atom. The highest BCUT2D eigenvalue weighted by Gasteiger charge is 2.38. The smallest absolute Gasteiger partial charge is 0.0399 e. The van der Waals surface area contributed by atoms with Crippen LogP contribution < -0.4 is 0 Å². The number of thiophene rings is 1. The number of aryl methyl sites for hydroxylation is 1. The van der Waals surface area contributed by atoms with Gasteiger partial charge in [0.05, 0.1) is 0 Å². The first-order valence-corrected chi connectivity index (χ1v) is 8.43. The van der Waals surface area contributed by atoms with Gasteiger partial charge >= 0.3 is 0 Å². The van der Waals surface area contributed by atoms with Gasteiger partial charge in [-0.1, -0.05) is 53.5 Å². The Balaban J connectivity index is 2.15. The summed E-state index contributed by atoms with van der Waals surface area (Å²) in [5.41, 5.74) is 5.78. The van der Waals surface area contributed by atoms with Crippen LogP contribution in [-0.2, 0) is 5.41 Å². The van der Waals surface area contributed by atoms with Crippen LogP contribution in [0, 0.1) is 6.92 Å². The van der Waals surface area contributed by atoms with Crippen molar-refractivity contribution in [3.63, 3.8) is 0 Å². The van der Waals surface area contributed by atoms with E-state index in [4.69, 9.17) is 0 Å². The molecule has 1 aliphatic rings. The first kappa shape index (κ1) is 12.6. The quantitative estimate of drug-likeness (QED) is 0.451. The van der Waals surface area contributed by atoms with E-state index in [2.05, 4.69) is 73.1 Å². The summed E-state index contributed by atoms with van der Waals surface area (Å²) in [5, 5.41) is 1.43. The van der Waals surface area contributed by atoms with Crippen LogP contribution in [0.25, 0.3) is 20.5 Å². The summed E-state index contributed by atoms with van der Waals surface area (Å²) in [4.78, 5) is 1.46. The number of fused-ring (bicyclic) bond motifs is 5. The molecule has 0 aliphatic heterocycles. The van der Waals surface area contributed by atoms with Crippen molar-refractivity contribution in [3.05, 3.63) is 57.6 Å². The number of benzene rings is 2. The first-order chi connectivity index (χ1) is 9.48. The minimum Gasteiger partial charge on any atom is -0.135 e. The fourth-order valence-corrected chi connectivity index (χ4v) is 5.13. The van der Waals surface area contributed by atoms with E-state index in [1.54, 1.807) is 0 Å². The van der Waals surface area contributed by atoms with E-state index in [0.717, 1.165) is 0 Å². The summed E-state index contributed by atoms with van der Waals surface area (Å²) < 4.78 is 2.57. The zero-order chi connectivity index (χ0) is 14.1. The molecule has 1 heterocycles. The highest BCUT2D eigenvalue weighted by atomic mass is 79.9. The standard InChI is InChI=1S/C18H15BrS/c1-10-4-7-15-13(8-10)16-17(20-15)12-6-5-11(19)9-14(12)18(16,2)3/h4-9H,1-3H3. The van der Waals surface area contributed by atoms with Crippen molar-refractivity contribution in [2.45, 2.75) is 26.2 Å². The number of hydrogen-bond donors (Lipinski definition) is 0. The molecule has 0 amide bonds. The molecule has 0 spiro atoms. The van der Waals surface area contributed by atoms with E-state index >= 15 is 0 Å². The van der Waals surface area contributed by atoms with Crippen LogP contribution in [0.1, 0.15) is 30.5 Å². The van der Waals surface area contributed by atoms with E-state index in [1.807, 2.05) is 11.3 Å². The molecule has 2 aromatic carbocycles. The SMILES string of the molecule is Cc1ccc2sc3c(c2c1)C(C)(C)c1cc(Br)ccc1-3. The van der Waals surface area contributed by atoms with E-state index in [0.29, 0.717) is 0 Å². The second kappa shape index (κ2) is 3.96. The first-order valence-electron chi connectivity index (χ1n) is 6.82. The third kappa shape index (κ3) is 1.52. The lowest BCUT2D eigenvalue weighted by Crippen LogP contribution is -2.14. The molecule has 0 fully saturated rings. The van der Waals surface area contributed by atoms with Crippen LogP contribution in [-0.4, -0.2) is 0 Å². The Morgan fingerprint density at radius 3 is 2.65 bits per heavy atom. The zero-order valence-electron chi connectivity index (χ0n) is 11.8. The Morgan fingerprint density at radius 2 is 1.85 bits per heavy atom. The van der Waals surface area contributed by atoms with Crippen molar-refractivity contribution in [3.8, 4) is 10.4 Å². The molecule has 20 heavy (non-hydrogen) atoms. The molecule has 0 unspecified atom stereocenters. The molecule has 0 saturated carbocycles. The minimum atomic E-state index is 0.0838. The fraction of sp³-hybridized carbons (Fsp3) is 0.222. The van der Waals surface area contributed by atoms with E-state index in [-0.39, 0.29) is 5.41 Å². The molecule has 0 N–H and O–H groups in total. The molecule has 0 bridgehead atoms. The predicted molar refractivity (Wildman–Crippen MR) is 91.8 cm³/mol. The number of rotatable bonds is 0. The van der Waals surface area contributed by atoms with Crippen LogP contribution in [0.3, 0.4) is 0 Å². The van der Waals surface area contributed by atoms with E-state index < -0.39 is 0 Å². The Hall–Kier alpha value is -1.12. The monoisotopic (exact) mass is 342 g/mol. The van der Waals surface area contributed by atoms with Gasteiger partial charge in [-0.15, -0.1) is 11.3 Å². The van der Waals surface area contributed by atoms with Gasteiger partial charge < -0.3 is 0 Å². The van der Waals surface area contributed by atoms with Crippen LogP contribution in [0.4, 0.5) is 0 Å². The normalized spacial score (nSPS) is 15.4. The van der Waals surface area contributed by atoms with Crippen molar-refractivity contribution in [2.75, 3.05) is 0 Å². The van der Waals surface area contributed by atoms with E-state index in [9.17, 15) is 0 Å². The number of halogens is 1. The maximum absolute atomic E-state index is 3.61. The van der Waals surface area contributed by atoms with Gasteiger partial charge in [-0.2, -0.15) is 0 Å². The molecule has 0 saturated heterocycles. The van der Waals surface area contributed by atoms with Crippen molar-refractivity contribution in [1.82, 2.24) is 0 Å². The van der Waals surface area contributed by atoms with E-state index in [1.165, 1.54) is 41.7 Å². The second-order valence-corrected chi connectivity index (χ2v) is 8.09. The molecule has 4 rings (SSSR count). The van der Waals surface area contributed by atoms with Gasteiger partial charge in [-0.05, 0) is 47.2 Å². The van der Waals surface area contributed by atoms with Crippen molar-refractivity contribution < 1.29 is 0 Å². The third-order valence-corrected chi connectivity index (χ3v) is 6.07. The molecule has 3 aromatic rings. The summed E-state index contributed by atoms with van der Waals surface area (Å²) in [7, 11) is 0. The third-order valence-electron chi connectivity index (χ3n) is 4.37. The van der Waals surface area contributed by atoms with Crippen LogP contribution >= 0.6 is 27.3 Å². The van der Waals surface area contributed by atoms with Gasteiger partial charge in [-0.25, -0.2) is 0 Å². The van der Waals surface area contributed by atoms with Crippen LogP contribution in [0.15, 0.2) is 40.9 Å². The highest BCUT2D eigenvalue weighted by molar-refractivity contribution is 9.10. The van der Waals surface area contributed by atoms with Gasteiger partial charge in [0.15, 0.2) is 0 Å². The summed E-state index contributed by atoms with van der Waals surface area (Å²) in [6.45, 7) is 6.87. The lowest BCUT2D eigenvalue weighted by molar-refractivity contribution is 0.667. The van der Waals surface area contributed by atoms with Crippen LogP contribution in [0.2, 0.25) is 0 Å². The topological polar surface area (TPSA) is 0 Å². The molecule has 1 aliphatic carbocycles. The van der Waals surface area contributed by atoms with Gasteiger partial charge in [-0.3, -0.25) is 0 Å². The average Bonchev–Trinajstić information content (AvgIpc) is 2.85. The Kier molecular flexibility index (Phi) is 2.49. The maximum atomic E-state index is 3.61. The molecule has 0 radical (unpaired) electrons. The van der Waals surface area contributed by atoms with Gasteiger partial charge in [0.1, 0.15) is 0 Å². The average molecular weight is 343 g/mol. The summed E-state index contributed by atoms with van der Waals surface area (Å²) in [5.74, 6) is 0. The Labute approximate surface area is 131 Å². The molecule has 1 aromatic heterocycles. The molecule has 0 atom stereocenters. The molecular weight excluding hydrogens is 328 g/mol. The molecule has 0 nitrogen and oxygen atoms in total. The Bertz CT molecular complexity index is 855. The second-order valence-electron chi connectivity index (χ2n) is 6.12.